The number of hydrogen-bond acceptors (Lipinski definition) is 6. The van der Waals surface area contributed by atoms with Crippen LogP contribution >= 0.6 is 0 Å². The van der Waals surface area contributed by atoms with E-state index in [1.807, 2.05) is 12.1 Å². The Bertz CT molecular complexity index is 611. The van der Waals surface area contributed by atoms with Crippen molar-refractivity contribution >= 4 is 11.5 Å². The lowest BCUT2D eigenvalue weighted by atomic mass is 10.0. The zero-order valence-electron chi connectivity index (χ0n) is 12.9. The predicted octanol–water partition coefficient (Wildman–Crippen LogP) is 1.59. The zero-order chi connectivity index (χ0) is 14.8. The van der Waals surface area contributed by atoms with Crippen molar-refractivity contribution in [1.29, 1.82) is 0 Å². The summed E-state index contributed by atoms with van der Waals surface area (Å²) >= 11 is 0. The average molecular weight is 301 g/mol. The highest BCUT2D eigenvalue weighted by molar-refractivity contribution is 5.42. The number of nitrogens with zero attached hydrogens (tertiary/aromatic N) is 6. The molecule has 2 aromatic rings. The third-order valence-electron chi connectivity index (χ3n) is 5.00. The van der Waals surface area contributed by atoms with Crippen molar-refractivity contribution in [3.63, 3.8) is 0 Å². The fourth-order valence-electron chi connectivity index (χ4n) is 3.75. The van der Waals surface area contributed by atoms with Gasteiger partial charge in [0.05, 0.1) is 0 Å². The van der Waals surface area contributed by atoms with Crippen molar-refractivity contribution in [2.24, 2.45) is 5.92 Å². The summed E-state index contributed by atoms with van der Waals surface area (Å²) in [5, 5.41) is 19.2. The minimum atomic E-state index is 0.501. The van der Waals surface area contributed by atoms with E-state index < -0.39 is 0 Å². The van der Waals surface area contributed by atoms with Gasteiger partial charge >= 0.3 is 0 Å². The summed E-state index contributed by atoms with van der Waals surface area (Å²) in [6.07, 6.45) is 8.12. The van der Waals surface area contributed by atoms with Crippen molar-refractivity contribution in [3.05, 3.63) is 12.1 Å². The van der Waals surface area contributed by atoms with Crippen molar-refractivity contribution in [1.82, 2.24) is 30.2 Å². The SMILES string of the molecule is c1cc2nnnn2nc1NC1CCN(CC2CCCC2)CC1. The molecule has 4 rings (SSSR count). The van der Waals surface area contributed by atoms with E-state index in [2.05, 4.69) is 30.8 Å². The highest BCUT2D eigenvalue weighted by atomic mass is 15.6. The van der Waals surface area contributed by atoms with Crippen LogP contribution in [0.25, 0.3) is 5.65 Å². The Hall–Kier alpha value is -1.76. The fraction of sp³-hybridized carbons (Fsp3) is 0.733. The summed E-state index contributed by atoms with van der Waals surface area (Å²) in [6.45, 7) is 3.70. The summed E-state index contributed by atoms with van der Waals surface area (Å²) in [6, 6.07) is 4.35. The highest BCUT2D eigenvalue weighted by Crippen LogP contribution is 2.26. The number of fused-ring (bicyclic) bond motifs is 1. The van der Waals surface area contributed by atoms with Crippen molar-refractivity contribution < 1.29 is 0 Å². The van der Waals surface area contributed by atoms with Crippen LogP contribution in [0.15, 0.2) is 12.1 Å². The molecule has 2 aromatic heterocycles. The third-order valence-corrected chi connectivity index (χ3v) is 5.00. The molecule has 0 radical (unpaired) electrons. The van der Waals surface area contributed by atoms with Gasteiger partial charge in [-0.05, 0) is 54.2 Å². The first-order chi connectivity index (χ1) is 10.9. The Labute approximate surface area is 130 Å². The number of aromatic nitrogens is 5. The molecule has 2 aliphatic rings. The molecule has 1 aliphatic heterocycles. The van der Waals surface area contributed by atoms with Crippen LogP contribution in [-0.4, -0.2) is 55.8 Å². The monoisotopic (exact) mass is 301 g/mol. The molecule has 1 saturated carbocycles. The van der Waals surface area contributed by atoms with E-state index in [-0.39, 0.29) is 0 Å². The fourth-order valence-corrected chi connectivity index (χ4v) is 3.75. The minimum absolute atomic E-state index is 0.501. The van der Waals surface area contributed by atoms with Gasteiger partial charge in [0.25, 0.3) is 0 Å². The Morgan fingerprint density at radius 2 is 1.91 bits per heavy atom. The molecule has 2 fully saturated rings. The summed E-state index contributed by atoms with van der Waals surface area (Å²) in [5.74, 6) is 1.81. The minimum Gasteiger partial charge on any atom is -0.366 e. The number of hydrogen-bond donors (Lipinski definition) is 1. The molecular formula is C15H23N7. The van der Waals surface area contributed by atoms with Crippen LogP contribution < -0.4 is 5.32 Å². The first-order valence-electron chi connectivity index (χ1n) is 8.41. The second-order valence-electron chi connectivity index (χ2n) is 6.61. The Balaban J connectivity index is 1.29. The van der Waals surface area contributed by atoms with Gasteiger partial charge in [0.2, 0.25) is 0 Å². The summed E-state index contributed by atoms with van der Waals surface area (Å²) in [4.78, 5) is 2.64. The maximum Gasteiger partial charge on any atom is 0.200 e. The molecule has 118 valence electrons. The number of nitrogens with one attached hydrogen (secondary N) is 1. The normalized spacial score (nSPS) is 21.6. The standard InChI is InChI=1S/C15H23N7/c1-2-4-12(3-1)11-21-9-7-13(8-10-21)16-14-5-6-15-17-19-20-22(15)18-14/h5-6,12-13H,1-4,7-11H2,(H,16,18). The van der Waals surface area contributed by atoms with Gasteiger partial charge in [-0.15, -0.1) is 14.8 Å². The summed E-state index contributed by atoms with van der Waals surface area (Å²) in [7, 11) is 0. The van der Waals surface area contributed by atoms with Gasteiger partial charge in [-0.2, -0.15) is 0 Å². The molecule has 0 bridgehead atoms. The highest BCUT2D eigenvalue weighted by Gasteiger charge is 2.23. The van der Waals surface area contributed by atoms with Crippen molar-refractivity contribution in [2.45, 2.75) is 44.6 Å². The van der Waals surface area contributed by atoms with Crippen molar-refractivity contribution in [2.75, 3.05) is 25.0 Å². The topological polar surface area (TPSA) is 71.2 Å². The van der Waals surface area contributed by atoms with Crippen molar-refractivity contribution in [3.8, 4) is 0 Å². The molecule has 0 aromatic carbocycles. The van der Waals surface area contributed by atoms with E-state index in [9.17, 15) is 0 Å². The van der Waals surface area contributed by atoms with Gasteiger partial charge in [-0.1, -0.05) is 12.8 Å². The van der Waals surface area contributed by atoms with Gasteiger partial charge in [-0.25, -0.2) is 0 Å². The van der Waals surface area contributed by atoms with Crippen LogP contribution in [0, 0.1) is 5.92 Å². The quantitative estimate of drug-likeness (QED) is 0.924. The van der Waals surface area contributed by atoms with E-state index in [0.29, 0.717) is 11.7 Å². The largest absolute Gasteiger partial charge is 0.366 e. The third kappa shape index (κ3) is 3.04. The van der Waals surface area contributed by atoms with Gasteiger partial charge in [0, 0.05) is 25.7 Å². The number of piperidine rings is 1. The van der Waals surface area contributed by atoms with Gasteiger partial charge in [0.1, 0.15) is 5.82 Å². The molecule has 1 N–H and O–H groups in total. The second kappa shape index (κ2) is 6.16. The van der Waals surface area contributed by atoms with E-state index >= 15 is 0 Å². The Kier molecular flexibility index (Phi) is 3.88. The molecule has 0 amide bonds. The first-order valence-corrected chi connectivity index (χ1v) is 8.41. The average Bonchev–Trinajstić information content (AvgIpc) is 3.20. The number of tetrazole rings is 1. The maximum atomic E-state index is 4.39. The van der Waals surface area contributed by atoms with Gasteiger partial charge in [0.15, 0.2) is 5.65 Å². The first kappa shape index (κ1) is 13.9. The molecule has 1 aliphatic carbocycles. The lowest BCUT2D eigenvalue weighted by molar-refractivity contribution is 0.189. The second-order valence-corrected chi connectivity index (χ2v) is 6.61. The number of rotatable bonds is 4. The molecule has 1 saturated heterocycles. The summed E-state index contributed by atoms with van der Waals surface area (Å²) < 4.78 is 1.47. The molecule has 22 heavy (non-hydrogen) atoms. The molecule has 7 heteroatoms. The van der Waals surface area contributed by atoms with Crippen LogP contribution in [0.5, 0.6) is 0 Å². The van der Waals surface area contributed by atoms with E-state index in [1.54, 1.807) is 0 Å². The smallest absolute Gasteiger partial charge is 0.200 e. The van der Waals surface area contributed by atoms with Crippen LogP contribution in [0.1, 0.15) is 38.5 Å². The van der Waals surface area contributed by atoms with Gasteiger partial charge in [-0.3, -0.25) is 0 Å². The molecule has 7 nitrogen and oxygen atoms in total. The molecule has 3 heterocycles. The Morgan fingerprint density at radius 3 is 2.73 bits per heavy atom. The lowest BCUT2D eigenvalue weighted by Crippen LogP contribution is -2.41. The van der Waals surface area contributed by atoms with Crippen LogP contribution in [-0.2, 0) is 0 Å². The lowest BCUT2D eigenvalue weighted by Gasteiger charge is -2.34. The van der Waals surface area contributed by atoms with E-state index in [0.717, 1.165) is 11.7 Å². The van der Waals surface area contributed by atoms with E-state index in [1.165, 1.54) is 62.8 Å². The number of anilines is 1. The molecule has 0 spiro atoms. The molecule has 0 atom stereocenters. The van der Waals surface area contributed by atoms with Gasteiger partial charge < -0.3 is 10.2 Å². The van der Waals surface area contributed by atoms with E-state index in [4.69, 9.17) is 0 Å². The summed E-state index contributed by atoms with van der Waals surface area (Å²) in [5.41, 5.74) is 0.678. The predicted molar refractivity (Wildman–Crippen MR) is 83.6 cm³/mol. The maximum absolute atomic E-state index is 4.39. The number of likely N-dealkylation sites (tertiary alicyclic amines) is 1. The van der Waals surface area contributed by atoms with Crippen LogP contribution in [0.4, 0.5) is 5.82 Å². The molecule has 0 unspecified atom stereocenters. The zero-order valence-corrected chi connectivity index (χ0v) is 12.9. The Morgan fingerprint density at radius 1 is 1.09 bits per heavy atom. The molecular weight excluding hydrogens is 278 g/mol. The van der Waals surface area contributed by atoms with Crippen LogP contribution in [0.2, 0.25) is 0 Å². The van der Waals surface area contributed by atoms with Crippen LogP contribution in [0.3, 0.4) is 0 Å².